The van der Waals surface area contributed by atoms with E-state index in [4.69, 9.17) is 15.1 Å². The first-order chi connectivity index (χ1) is 17.0. The normalized spacial score (nSPS) is 14.9. The van der Waals surface area contributed by atoms with Gasteiger partial charge in [-0.05, 0) is 52.4 Å². The fourth-order valence-electron chi connectivity index (χ4n) is 4.28. The van der Waals surface area contributed by atoms with Crippen LogP contribution in [0.4, 0.5) is 0 Å². The zero-order valence-electron chi connectivity index (χ0n) is 20.4. The van der Waals surface area contributed by atoms with Crippen LogP contribution in [-0.2, 0) is 11.4 Å². The molecule has 1 unspecified atom stereocenters. The number of carbonyl (C=O) groups is 1. The van der Waals surface area contributed by atoms with Gasteiger partial charge in [-0.1, -0.05) is 50.2 Å². The molecular weight excluding hydrogens is 436 g/mol. The minimum Gasteiger partial charge on any atom is -0.489 e. The highest BCUT2D eigenvalue weighted by Gasteiger charge is 2.27. The largest absolute Gasteiger partial charge is 0.489 e. The summed E-state index contributed by atoms with van der Waals surface area (Å²) in [5, 5.41) is 8.99. The summed E-state index contributed by atoms with van der Waals surface area (Å²) in [4.78, 5) is 22.0. The number of rotatable bonds is 10. The first kappa shape index (κ1) is 24.5. The summed E-state index contributed by atoms with van der Waals surface area (Å²) in [6.45, 7) is 7.20. The molecule has 0 bridgehead atoms. The summed E-state index contributed by atoms with van der Waals surface area (Å²) in [5.74, 6) is 0.990. The average Bonchev–Trinajstić information content (AvgIpc) is 2.89. The highest BCUT2D eigenvalue weighted by molar-refractivity contribution is 6.18. The zero-order valence-corrected chi connectivity index (χ0v) is 20.4. The van der Waals surface area contributed by atoms with Gasteiger partial charge in [0.1, 0.15) is 18.6 Å². The van der Waals surface area contributed by atoms with Gasteiger partial charge < -0.3 is 14.9 Å². The Morgan fingerprint density at radius 1 is 1.03 bits per heavy atom. The van der Waals surface area contributed by atoms with Crippen LogP contribution < -0.4 is 4.74 Å². The van der Waals surface area contributed by atoms with Crippen molar-refractivity contribution < 1.29 is 9.53 Å². The number of aliphatic imine (C=N–C) groups is 1. The topological polar surface area (TPSA) is 78.6 Å². The molecular formula is C29H32N4O2. The van der Waals surface area contributed by atoms with Gasteiger partial charge >= 0.3 is 0 Å². The van der Waals surface area contributed by atoms with E-state index < -0.39 is 0 Å². The van der Waals surface area contributed by atoms with E-state index in [-0.39, 0.29) is 5.92 Å². The average molecular weight is 469 g/mol. The van der Waals surface area contributed by atoms with Gasteiger partial charge in [0.15, 0.2) is 0 Å². The van der Waals surface area contributed by atoms with E-state index in [0.29, 0.717) is 37.9 Å². The zero-order chi connectivity index (χ0) is 24.6. The third-order valence-corrected chi connectivity index (χ3v) is 6.33. The Balaban J connectivity index is 1.52. The van der Waals surface area contributed by atoms with E-state index >= 15 is 0 Å². The van der Waals surface area contributed by atoms with E-state index in [9.17, 15) is 4.79 Å². The number of aldehydes is 1. The van der Waals surface area contributed by atoms with Crippen LogP contribution in [0.15, 0.2) is 78.0 Å². The van der Waals surface area contributed by atoms with Crippen LogP contribution in [0.5, 0.6) is 5.75 Å². The van der Waals surface area contributed by atoms with Crippen LogP contribution in [0, 0.1) is 5.41 Å². The summed E-state index contributed by atoms with van der Waals surface area (Å²) in [5.41, 5.74) is 5.61. The summed E-state index contributed by atoms with van der Waals surface area (Å²) in [6, 6.07) is 20.2. The quantitative estimate of drug-likeness (QED) is 0.339. The summed E-state index contributed by atoms with van der Waals surface area (Å²) in [7, 11) is 0. The van der Waals surface area contributed by atoms with Crippen molar-refractivity contribution in [2.24, 2.45) is 4.99 Å². The van der Waals surface area contributed by atoms with Crippen molar-refractivity contribution in [1.29, 1.82) is 5.41 Å². The molecule has 2 heterocycles. The molecule has 0 saturated heterocycles. The van der Waals surface area contributed by atoms with Crippen LogP contribution in [0.1, 0.15) is 47.9 Å². The highest BCUT2D eigenvalue weighted by Crippen LogP contribution is 2.27. The van der Waals surface area contributed by atoms with Crippen molar-refractivity contribution in [2.75, 3.05) is 26.2 Å². The molecule has 1 aliphatic rings. The Morgan fingerprint density at radius 2 is 1.71 bits per heavy atom. The van der Waals surface area contributed by atoms with Gasteiger partial charge in [0, 0.05) is 31.2 Å². The number of nitrogens with one attached hydrogen (secondary N) is 1. The first-order valence-electron chi connectivity index (χ1n) is 12.0. The molecule has 0 amide bonds. The lowest BCUT2D eigenvalue weighted by atomic mass is 9.85. The van der Waals surface area contributed by atoms with Gasteiger partial charge in [-0.25, -0.2) is 0 Å². The van der Waals surface area contributed by atoms with Crippen molar-refractivity contribution >= 4 is 17.7 Å². The van der Waals surface area contributed by atoms with Crippen LogP contribution >= 0.6 is 0 Å². The number of hydrogen-bond acceptors (Lipinski definition) is 6. The molecule has 0 spiro atoms. The Morgan fingerprint density at radius 3 is 2.37 bits per heavy atom. The van der Waals surface area contributed by atoms with Gasteiger partial charge in [0.05, 0.1) is 24.7 Å². The third kappa shape index (κ3) is 6.28. The number of carbonyl (C=O) groups excluding carboxylic acids is 1. The fraction of sp³-hybridized carbons (Fsp3) is 0.310. The summed E-state index contributed by atoms with van der Waals surface area (Å²) >= 11 is 0. The van der Waals surface area contributed by atoms with Crippen LogP contribution in [-0.4, -0.2) is 53.8 Å². The SMILES string of the molecule is CC(C)c1ccc(COc2ccc(C(C(=N)c3ccncc3)C3=NCCN(CC=O)C3)cc2)cc1. The molecule has 2 aromatic carbocycles. The summed E-state index contributed by atoms with van der Waals surface area (Å²) < 4.78 is 6.03. The van der Waals surface area contributed by atoms with E-state index in [0.717, 1.165) is 41.0 Å². The molecule has 0 aliphatic carbocycles. The molecule has 3 aromatic rings. The number of nitrogens with zero attached hydrogens (tertiary/aromatic N) is 3. The lowest BCUT2D eigenvalue weighted by Crippen LogP contribution is -2.41. The van der Waals surface area contributed by atoms with Crippen LogP contribution in [0.3, 0.4) is 0 Å². The standard InChI is InChI=1S/C29H32N4O2/c1-21(2)23-5-3-22(4-6-23)20-35-26-9-7-24(8-10-26)28(29(30)25-11-13-31-14-12-25)27-19-33(17-18-34)16-15-32-27/h3-14,18,21,28,30H,15-17,19-20H2,1-2H3. The molecule has 6 heteroatoms. The lowest BCUT2D eigenvalue weighted by molar-refractivity contribution is -0.108. The molecule has 35 heavy (non-hydrogen) atoms. The van der Waals surface area contributed by atoms with Gasteiger partial charge in [-0.15, -0.1) is 0 Å². The maximum Gasteiger partial charge on any atom is 0.133 e. The number of pyridine rings is 1. The first-order valence-corrected chi connectivity index (χ1v) is 12.0. The molecule has 0 saturated carbocycles. The predicted octanol–water partition coefficient (Wildman–Crippen LogP) is 4.89. The van der Waals surface area contributed by atoms with E-state index in [1.54, 1.807) is 12.4 Å². The monoisotopic (exact) mass is 468 g/mol. The minimum absolute atomic E-state index is 0.301. The second-order valence-corrected chi connectivity index (χ2v) is 9.11. The number of hydrogen-bond donors (Lipinski definition) is 1. The van der Waals surface area contributed by atoms with E-state index in [2.05, 4.69) is 48.0 Å². The Bertz CT molecular complexity index is 1160. The molecule has 180 valence electrons. The molecule has 6 nitrogen and oxygen atoms in total. The van der Waals surface area contributed by atoms with Crippen molar-refractivity contribution in [3.05, 3.63) is 95.3 Å². The Kier molecular flexibility index (Phi) is 8.16. The smallest absolute Gasteiger partial charge is 0.133 e. The maximum absolute atomic E-state index is 11.1. The molecule has 4 rings (SSSR count). The van der Waals surface area contributed by atoms with Gasteiger partial charge in [-0.3, -0.25) is 14.9 Å². The van der Waals surface area contributed by atoms with E-state index in [1.807, 2.05) is 36.4 Å². The van der Waals surface area contributed by atoms with Gasteiger partial charge in [0.2, 0.25) is 0 Å². The fourth-order valence-corrected chi connectivity index (χ4v) is 4.28. The Labute approximate surface area is 207 Å². The maximum atomic E-state index is 11.1. The second kappa shape index (κ2) is 11.7. The number of aromatic nitrogens is 1. The molecule has 0 radical (unpaired) electrons. The number of ether oxygens (including phenoxy) is 1. The molecule has 0 fully saturated rings. The van der Waals surface area contributed by atoms with Gasteiger partial charge in [0.25, 0.3) is 0 Å². The lowest BCUT2D eigenvalue weighted by Gasteiger charge is -2.30. The minimum atomic E-state index is -0.301. The predicted molar refractivity (Wildman–Crippen MR) is 140 cm³/mol. The summed E-state index contributed by atoms with van der Waals surface area (Å²) in [6.07, 6.45) is 4.33. The van der Waals surface area contributed by atoms with Gasteiger partial charge in [-0.2, -0.15) is 0 Å². The number of benzene rings is 2. The molecule has 1 aromatic heterocycles. The highest BCUT2D eigenvalue weighted by atomic mass is 16.5. The molecule has 1 atom stereocenters. The third-order valence-electron chi connectivity index (χ3n) is 6.33. The molecule has 1 N–H and O–H groups in total. The molecule has 1 aliphatic heterocycles. The van der Waals surface area contributed by atoms with E-state index in [1.165, 1.54) is 5.56 Å². The Hall–Kier alpha value is -3.64. The van der Waals surface area contributed by atoms with Crippen LogP contribution in [0.25, 0.3) is 0 Å². The van der Waals surface area contributed by atoms with Crippen molar-refractivity contribution in [3.8, 4) is 5.75 Å². The van der Waals surface area contributed by atoms with Crippen molar-refractivity contribution in [1.82, 2.24) is 9.88 Å². The van der Waals surface area contributed by atoms with Crippen molar-refractivity contribution in [2.45, 2.75) is 32.3 Å². The second-order valence-electron chi connectivity index (χ2n) is 9.11. The van der Waals surface area contributed by atoms with Crippen LogP contribution in [0.2, 0.25) is 0 Å². The van der Waals surface area contributed by atoms with Crippen molar-refractivity contribution in [3.63, 3.8) is 0 Å².